The molecule has 1 fully saturated rings. The van der Waals surface area contributed by atoms with E-state index < -0.39 is 0 Å². The summed E-state index contributed by atoms with van der Waals surface area (Å²) in [6.45, 7) is 8.19. The number of hydrogen-bond acceptors (Lipinski definition) is 7. The minimum atomic E-state index is 0.583. The number of hydrogen-bond donors (Lipinski definition) is 1. The second kappa shape index (κ2) is 8.77. The molecule has 29 heavy (non-hydrogen) atoms. The number of aryl methyl sites for hydroxylation is 1. The molecule has 0 saturated carbocycles. The Bertz CT molecular complexity index is 941. The number of rotatable bonds is 6. The van der Waals surface area contributed by atoms with Crippen LogP contribution >= 0.6 is 0 Å². The first-order valence-electron chi connectivity index (χ1n) is 9.98. The number of nitrogens with zero attached hydrogens (tertiary/aromatic N) is 5. The first-order valence-corrected chi connectivity index (χ1v) is 9.98. The average molecular weight is 390 g/mol. The zero-order chi connectivity index (χ0) is 20.1. The molecule has 4 rings (SSSR count). The van der Waals surface area contributed by atoms with Crippen molar-refractivity contribution < 1.29 is 4.74 Å². The molecule has 3 aromatic rings. The third kappa shape index (κ3) is 4.56. The van der Waals surface area contributed by atoms with Crippen molar-refractivity contribution in [2.45, 2.75) is 13.8 Å². The van der Waals surface area contributed by atoms with Crippen LogP contribution in [0.15, 0.2) is 54.7 Å². The monoisotopic (exact) mass is 390 g/mol. The Kier molecular flexibility index (Phi) is 5.74. The summed E-state index contributed by atoms with van der Waals surface area (Å²) in [7, 11) is 0. The summed E-state index contributed by atoms with van der Waals surface area (Å²) >= 11 is 0. The molecule has 0 unspecified atom stereocenters. The summed E-state index contributed by atoms with van der Waals surface area (Å²) in [5.74, 6) is 3.35. The summed E-state index contributed by atoms with van der Waals surface area (Å²) in [6.07, 6.45) is 1.84. The van der Waals surface area contributed by atoms with Gasteiger partial charge in [0.1, 0.15) is 17.4 Å². The molecular formula is C22H26N6O. The van der Waals surface area contributed by atoms with Crippen LogP contribution in [0.2, 0.25) is 0 Å². The summed E-state index contributed by atoms with van der Waals surface area (Å²) < 4.78 is 5.70. The van der Waals surface area contributed by atoms with Crippen molar-refractivity contribution in [1.29, 1.82) is 0 Å². The van der Waals surface area contributed by atoms with Gasteiger partial charge in [0.2, 0.25) is 5.95 Å². The molecule has 0 bridgehead atoms. The number of para-hydroxylation sites is 2. The summed E-state index contributed by atoms with van der Waals surface area (Å²) in [4.78, 5) is 18.4. The lowest BCUT2D eigenvalue weighted by molar-refractivity contribution is 0.342. The van der Waals surface area contributed by atoms with E-state index in [0.29, 0.717) is 12.6 Å². The summed E-state index contributed by atoms with van der Waals surface area (Å²) in [6, 6.07) is 15.9. The average Bonchev–Trinajstić information content (AvgIpc) is 2.76. The van der Waals surface area contributed by atoms with Crippen LogP contribution in [0.4, 0.5) is 23.3 Å². The van der Waals surface area contributed by atoms with Gasteiger partial charge >= 0.3 is 0 Å². The zero-order valence-electron chi connectivity index (χ0n) is 16.9. The van der Waals surface area contributed by atoms with Gasteiger partial charge in [0.05, 0.1) is 12.3 Å². The first kappa shape index (κ1) is 19.0. The lowest BCUT2D eigenvalue weighted by Crippen LogP contribution is -2.47. The van der Waals surface area contributed by atoms with Crippen molar-refractivity contribution in [3.05, 3.63) is 60.4 Å². The molecule has 150 valence electrons. The van der Waals surface area contributed by atoms with Crippen LogP contribution in [-0.4, -0.2) is 47.7 Å². The van der Waals surface area contributed by atoms with Crippen LogP contribution in [-0.2, 0) is 0 Å². The van der Waals surface area contributed by atoms with Crippen molar-refractivity contribution in [3.63, 3.8) is 0 Å². The summed E-state index contributed by atoms with van der Waals surface area (Å²) in [5, 5.41) is 3.32. The summed E-state index contributed by atoms with van der Waals surface area (Å²) in [5.41, 5.74) is 1.80. The lowest BCUT2D eigenvalue weighted by atomic mass is 10.3. The second-order valence-electron chi connectivity index (χ2n) is 6.91. The van der Waals surface area contributed by atoms with Crippen molar-refractivity contribution in [2.24, 2.45) is 0 Å². The standard InChI is InChI=1S/C22H26N6O/c1-3-29-19-9-5-4-8-18(19)25-22-24-17(2)16-21(26-22)28-14-12-27(13-15-28)20-10-6-7-11-23-20/h4-11,16H,3,12-15H2,1-2H3,(H,24,25,26). The molecule has 1 N–H and O–H groups in total. The minimum Gasteiger partial charge on any atom is -0.492 e. The topological polar surface area (TPSA) is 66.4 Å². The Hall–Kier alpha value is -3.35. The molecule has 0 atom stereocenters. The normalized spacial score (nSPS) is 14.0. The number of nitrogens with one attached hydrogen (secondary N) is 1. The van der Waals surface area contributed by atoms with Gasteiger partial charge in [-0.25, -0.2) is 9.97 Å². The first-order chi connectivity index (χ1) is 14.2. The molecule has 1 saturated heterocycles. The maximum atomic E-state index is 5.70. The van der Waals surface area contributed by atoms with Gasteiger partial charge in [0, 0.05) is 44.1 Å². The highest BCUT2D eigenvalue weighted by molar-refractivity contribution is 5.63. The van der Waals surface area contributed by atoms with Crippen LogP contribution < -0.4 is 19.9 Å². The maximum Gasteiger partial charge on any atom is 0.229 e. The fourth-order valence-corrected chi connectivity index (χ4v) is 3.45. The van der Waals surface area contributed by atoms with Gasteiger partial charge in [-0.3, -0.25) is 0 Å². The van der Waals surface area contributed by atoms with E-state index in [1.807, 2.05) is 62.5 Å². The minimum absolute atomic E-state index is 0.583. The molecule has 1 aliphatic heterocycles. The molecule has 0 radical (unpaired) electrons. The highest BCUT2D eigenvalue weighted by Gasteiger charge is 2.20. The highest BCUT2D eigenvalue weighted by atomic mass is 16.5. The number of pyridine rings is 1. The van der Waals surface area contributed by atoms with E-state index in [1.165, 1.54) is 0 Å². The van der Waals surface area contributed by atoms with E-state index in [4.69, 9.17) is 9.72 Å². The van der Waals surface area contributed by atoms with Crippen LogP contribution in [0.1, 0.15) is 12.6 Å². The van der Waals surface area contributed by atoms with E-state index >= 15 is 0 Å². The molecule has 1 aromatic carbocycles. The van der Waals surface area contributed by atoms with E-state index in [-0.39, 0.29) is 0 Å². The second-order valence-corrected chi connectivity index (χ2v) is 6.91. The van der Waals surface area contributed by atoms with Crippen molar-refractivity contribution in [3.8, 4) is 5.75 Å². The fourth-order valence-electron chi connectivity index (χ4n) is 3.45. The number of piperazine rings is 1. The Balaban J connectivity index is 1.48. The largest absolute Gasteiger partial charge is 0.492 e. The molecule has 0 aliphatic carbocycles. The Morgan fingerprint density at radius 3 is 2.38 bits per heavy atom. The maximum absolute atomic E-state index is 5.70. The number of ether oxygens (including phenoxy) is 1. The van der Waals surface area contributed by atoms with Gasteiger partial charge in [-0.15, -0.1) is 0 Å². The quantitative estimate of drug-likeness (QED) is 0.689. The third-order valence-corrected chi connectivity index (χ3v) is 4.85. The van der Waals surface area contributed by atoms with Crippen LogP contribution in [0, 0.1) is 6.92 Å². The van der Waals surface area contributed by atoms with Gasteiger partial charge in [-0.05, 0) is 38.1 Å². The molecule has 1 aliphatic rings. The predicted octanol–water partition coefficient (Wildman–Crippen LogP) is 3.65. The molecule has 7 heteroatoms. The van der Waals surface area contributed by atoms with Crippen LogP contribution in [0.25, 0.3) is 0 Å². The Morgan fingerprint density at radius 1 is 0.931 bits per heavy atom. The van der Waals surface area contributed by atoms with Gasteiger partial charge in [0.15, 0.2) is 0 Å². The number of aromatic nitrogens is 3. The Morgan fingerprint density at radius 2 is 1.66 bits per heavy atom. The SMILES string of the molecule is CCOc1ccccc1Nc1nc(C)cc(N2CCN(c3ccccn3)CC2)n1. The molecule has 7 nitrogen and oxygen atoms in total. The molecular weight excluding hydrogens is 364 g/mol. The van der Waals surface area contributed by atoms with E-state index in [9.17, 15) is 0 Å². The highest BCUT2D eigenvalue weighted by Crippen LogP contribution is 2.27. The van der Waals surface area contributed by atoms with Gasteiger partial charge in [-0.2, -0.15) is 4.98 Å². The van der Waals surface area contributed by atoms with Crippen LogP contribution in [0.3, 0.4) is 0 Å². The number of anilines is 4. The van der Waals surface area contributed by atoms with E-state index in [0.717, 1.165) is 54.9 Å². The van der Waals surface area contributed by atoms with Gasteiger partial charge in [-0.1, -0.05) is 18.2 Å². The predicted molar refractivity (Wildman–Crippen MR) is 116 cm³/mol. The lowest BCUT2D eigenvalue weighted by Gasteiger charge is -2.36. The van der Waals surface area contributed by atoms with Gasteiger partial charge in [0.25, 0.3) is 0 Å². The molecule has 3 heterocycles. The molecule has 2 aromatic heterocycles. The third-order valence-electron chi connectivity index (χ3n) is 4.85. The number of benzene rings is 1. The Labute approximate surface area is 171 Å². The van der Waals surface area contributed by atoms with Crippen molar-refractivity contribution in [2.75, 3.05) is 47.9 Å². The van der Waals surface area contributed by atoms with Crippen LogP contribution in [0.5, 0.6) is 5.75 Å². The zero-order valence-corrected chi connectivity index (χ0v) is 16.9. The van der Waals surface area contributed by atoms with E-state index in [2.05, 4.69) is 31.2 Å². The molecule has 0 spiro atoms. The van der Waals surface area contributed by atoms with Gasteiger partial charge < -0.3 is 19.9 Å². The van der Waals surface area contributed by atoms with Crippen molar-refractivity contribution in [1.82, 2.24) is 15.0 Å². The molecule has 0 amide bonds. The smallest absolute Gasteiger partial charge is 0.229 e. The fraction of sp³-hybridized carbons (Fsp3) is 0.318. The van der Waals surface area contributed by atoms with E-state index in [1.54, 1.807) is 0 Å². The van der Waals surface area contributed by atoms with Crippen molar-refractivity contribution >= 4 is 23.3 Å².